The summed E-state index contributed by atoms with van der Waals surface area (Å²) < 4.78 is 28.0. The van der Waals surface area contributed by atoms with Crippen molar-refractivity contribution in [2.24, 2.45) is 10.4 Å². The van der Waals surface area contributed by atoms with Crippen LogP contribution in [0.2, 0.25) is 0 Å². The normalized spacial score (nSPS) is 21.1. The Morgan fingerprint density at radius 2 is 2.00 bits per heavy atom. The molecule has 1 atom stereocenters. The number of nitrogens with one attached hydrogen (secondary N) is 1. The molecule has 3 aromatic heterocycles. The zero-order chi connectivity index (χ0) is 25.0. The predicted molar refractivity (Wildman–Crippen MR) is 133 cm³/mol. The molecule has 1 saturated carbocycles. The maximum absolute atomic E-state index is 13.1. The third kappa shape index (κ3) is 4.02. The van der Waals surface area contributed by atoms with Crippen LogP contribution in [-0.4, -0.2) is 61.7 Å². The molecule has 6 rings (SSSR count). The second kappa shape index (κ2) is 8.60. The van der Waals surface area contributed by atoms with Gasteiger partial charge in [0.1, 0.15) is 0 Å². The number of anilines is 1. The van der Waals surface area contributed by atoms with Gasteiger partial charge in [-0.05, 0) is 56.2 Å². The van der Waals surface area contributed by atoms with E-state index in [4.69, 9.17) is 4.98 Å². The van der Waals surface area contributed by atoms with E-state index in [0.29, 0.717) is 40.2 Å². The van der Waals surface area contributed by atoms with Gasteiger partial charge in [0.2, 0.25) is 18.3 Å². The van der Waals surface area contributed by atoms with Crippen LogP contribution < -0.4 is 5.32 Å². The second-order valence-corrected chi connectivity index (χ2v) is 10.4. The lowest BCUT2D eigenvalue weighted by Crippen LogP contribution is -2.52. The molecule has 36 heavy (non-hydrogen) atoms. The van der Waals surface area contributed by atoms with Crippen LogP contribution in [0.1, 0.15) is 57.6 Å². The molecule has 3 aromatic rings. The number of carbonyl (C=O) groups excluding carboxylic acids is 1. The standard InChI is InChI=1S/C26H29F2N7O/c1-15-19(11-23(27)28)24-21(30-15)4-3-20(32-24)18-5-8-35-22(18)14-29-25(33-35)31-17-12-26(13-17)6-9-34(10-7-26)16(2)36/h3-5,8,14,17,19,23H,6-7,9-13H2,1-2H3,(H,31,33). The quantitative estimate of drug-likeness (QED) is 0.550. The molecule has 1 spiro atoms. The van der Waals surface area contributed by atoms with Crippen LogP contribution in [0.15, 0.2) is 35.6 Å². The molecule has 2 fully saturated rings. The molecular weight excluding hydrogens is 464 g/mol. The molecule has 1 amide bonds. The lowest BCUT2D eigenvalue weighted by molar-refractivity contribution is -0.132. The third-order valence-corrected chi connectivity index (χ3v) is 8.10. The topological polar surface area (TPSA) is 87.8 Å². The molecule has 0 aromatic carbocycles. The van der Waals surface area contributed by atoms with E-state index in [1.54, 1.807) is 24.6 Å². The summed E-state index contributed by atoms with van der Waals surface area (Å²) in [4.78, 5) is 27.2. The van der Waals surface area contributed by atoms with Gasteiger partial charge in [-0.15, -0.1) is 5.10 Å². The molecular formula is C26H29F2N7O. The summed E-state index contributed by atoms with van der Waals surface area (Å²) in [6, 6.07) is 5.97. The maximum atomic E-state index is 13.1. The number of hydrogen-bond donors (Lipinski definition) is 1. The van der Waals surface area contributed by atoms with Crippen molar-refractivity contribution in [3.63, 3.8) is 0 Å². The Morgan fingerprint density at radius 1 is 1.22 bits per heavy atom. The Labute approximate surface area is 207 Å². The Balaban J connectivity index is 1.15. The molecule has 8 nitrogen and oxygen atoms in total. The van der Waals surface area contributed by atoms with Crippen molar-refractivity contribution >= 4 is 28.8 Å². The van der Waals surface area contributed by atoms with Gasteiger partial charge >= 0.3 is 0 Å². The molecule has 1 unspecified atom stereocenters. The Hall–Kier alpha value is -3.43. The van der Waals surface area contributed by atoms with Crippen molar-refractivity contribution < 1.29 is 13.6 Å². The average molecular weight is 494 g/mol. The van der Waals surface area contributed by atoms with E-state index >= 15 is 0 Å². The lowest BCUT2D eigenvalue weighted by Gasteiger charge is -2.52. The number of alkyl halides is 2. The van der Waals surface area contributed by atoms with Crippen LogP contribution in [0.4, 0.5) is 20.4 Å². The molecule has 1 saturated heterocycles. The number of rotatable bonds is 5. The van der Waals surface area contributed by atoms with Gasteiger partial charge in [-0.3, -0.25) is 9.79 Å². The van der Waals surface area contributed by atoms with E-state index in [9.17, 15) is 13.6 Å². The Morgan fingerprint density at radius 3 is 2.72 bits per heavy atom. The number of pyridine rings is 1. The minimum Gasteiger partial charge on any atom is -0.350 e. The first-order valence-corrected chi connectivity index (χ1v) is 12.5. The molecule has 188 valence electrons. The first-order valence-electron chi connectivity index (χ1n) is 12.5. The van der Waals surface area contributed by atoms with Gasteiger partial charge in [-0.2, -0.15) is 0 Å². The van der Waals surface area contributed by atoms with E-state index in [1.807, 2.05) is 29.3 Å². The van der Waals surface area contributed by atoms with Crippen LogP contribution in [-0.2, 0) is 4.79 Å². The van der Waals surface area contributed by atoms with Crippen molar-refractivity contribution in [2.45, 2.75) is 64.3 Å². The first kappa shape index (κ1) is 23.0. The highest BCUT2D eigenvalue weighted by molar-refractivity contribution is 5.96. The largest absolute Gasteiger partial charge is 0.350 e. The fourth-order valence-electron chi connectivity index (χ4n) is 6.05. The van der Waals surface area contributed by atoms with Crippen molar-refractivity contribution in [3.05, 3.63) is 36.3 Å². The van der Waals surface area contributed by atoms with Crippen LogP contribution >= 0.6 is 0 Å². The monoisotopic (exact) mass is 493 g/mol. The van der Waals surface area contributed by atoms with E-state index in [0.717, 1.165) is 49.9 Å². The van der Waals surface area contributed by atoms with Crippen LogP contribution in [0.25, 0.3) is 16.8 Å². The minimum absolute atomic E-state index is 0.165. The molecule has 0 radical (unpaired) electrons. The average Bonchev–Trinajstić information content (AvgIpc) is 3.38. The summed E-state index contributed by atoms with van der Waals surface area (Å²) >= 11 is 0. The molecule has 5 heterocycles. The van der Waals surface area contributed by atoms with Gasteiger partial charge < -0.3 is 10.2 Å². The maximum Gasteiger partial charge on any atom is 0.241 e. The first-order chi connectivity index (χ1) is 17.3. The molecule has 1 aliphatic carbocycles. The summed E-state index contributed by atoms with van der Waals surface area (Å²) in [6.45, 7) is 5.12. The van der Waals surface area contributed by atoms with Crippen molar-refractivity contribution in [2.75, 3.05) is 18.4 Å². The Bertz CT molecular complexity index is 1350. The molecule has 2 aliphatic heterocycles. The van der Waals surface area contributed by atoms with Crippen molar-refractivity contribution in [3.8, 4) is 11.3 Å². The number of halogens is 2. The number of aromatic nitrogens is 4. The smallest absolute Gasteiger partial charge is 0.241 e. The number of fused-ring (bicyclic) bond motifs is 2. The van der Waals surface area contributed by atoms with E-state index < -0.39 is 12.3 Å². The Kier molecular flexibility index (Phi) is 5.49. The molecule has 3 aliphatic rings. The molecule has 10 heteroatoms. The number of nitrogens with zero attached hydrogens (tertiary/aromatic N) is 6. The van der Waals surface area contributed by atoms with Crippen molar-refractivity contribution in [1.29, 1.82) is 0 Å². The highest BCUT2D eigenvalue weighted by Gasteiger charge is 2.46. The minimum atomic E-state index is -2.41. The highest BCUT2D eigenvalue weighted by Crippen LogP contribution is 2.49. The number of piperidine rings is 1. The van der Waals surface area contributed by atoms with Gasteiger partial charge in [0.15, 0.2) is 0 Å². The number of likely N-dealkylation sites (tertiary alicyclic amines) is 1. The lowest BCUT2D eigenvalue weighted by atomic mass is 9.60. The zero-order valence-electron chi connectivity index (χ0n) is 20.4. The van der Waals surface area contributed by atoms with Gasteiger partial charge in [0.05, 0.1) is 28.8 Å². The number of amides is 1. The SMILES string of the molecule is CC(=O)N1CCC2(CC1)CC(Nc1ncc3c(-c4ccc5c(n4)C(CC(F)F)C(C)=N5)ccn3n1)C2. The second-order valence-electron chi connectivity index (χ2n) is 10.4. The van der Waals surface area contributed by atoms with Gasteiger partial charge in [-0.1, -0.05) is 0 Å². The summed E-state index contributed by atoms with van der Waals surface area (Å²) in [5.41, 5.74) is 4.63. The van der Waals surface area contributed by atoms with Gasteiger partial charge in [0.25, 0.3) is 0 Å². The molecule has 0 bridgehead atoms. The summed E-state index contributed by atoms with van der Waals surface area (Å²) in [7, 11) is 0. The van der Waals surface area contributed by atoms with E-state index in [1.165, 1.54) is 0 Å². The van der Waals surface area contributed by atoms with E-state index in [-0.39, 0.29) is 12.3 Å². The van der Waals surface area contributed by atoms with E-state index in [2.05, 4.69) is 20.4 Å². The molecule has 1 N–H and O–H groups in total. The highest BCUT2D eigenvalue weighted by atomic mass is 19.3. The number of carbonyl (C=O) groups is 1. The predicted octanol–water partition coefficient (Wildman–Crippen LogP) is 4.84. The summed E-state index contributed by atoms with van der Waals surface area (Å²) in [5, 5.41) is 8.11. The zero-order valence-corrected chi connectivity index (χ0v) is 20.4. The van der Waals surface area contributed by atoms with Crippen molar-refractivity contribution in [1.82, 2.24) is 24.5 Å². The number of aliphatic imine (C=N–C) groups is 1. The summed E-state index contributed by atoms with van der Waals surface area (Å²) in [6.07, 6.45) is 5.21. The summed E-state index contributed by atoms with van der Waals surface area (Å²) in [5.74, 6) is 0.285. The fourth-order valence-corrected chi connectivity index (χ4v) is 6.05. The number of hydrogen-bond acceptors (Lipinski definition) is 6. The third-order valence-electron chi connectivity index (χ3n) is 8.10. The van der Waals surface area contributed by atoms with Crippen LogP contribution in [0, 0.1) is 5.41 Å². The fraction of sp³-hybridized carbons (Fsp3) is 0.500. The van der Waals surface area contributed by atoms with Gasteiger partial charge in [-0.25, -0.2) is 23.3 Å². The van der Waals surface area contributed by atoms with Gasteiger partial charge in [0, 0.05) is 55.9 Å². The van der Waals surface area contributed by atoms with Crippen LogP contribution in [0.3, 0.4) is 0 Å². The van der Waals surface area contributed by atoms with Crippen LogP contribution in [0.5, 0.6) is 0 Å².